The summed E-state index contributed by atoms with van der Waals surface area (Å²) in [7, 11) is 0. The summed E-state index contributed by atoms with van der Waals surface area (Å²) in [6, 6.07) is 16.9. The van der Waals surface area contributed by atoms with Gasteiger partial charge in [-0.15, -0.1) is 0 Å². The van der Waals surface area contributed by atoms with E-state index in [0.29, 0.717) is 0 Å². The molecule has 2 atom stereocenters. The summed E-state index contributed by atoms with van der Waals surface area (Å²) in [4.78, 5) is 15.0. The van der Waals surface area contributed by atoms with Crippen molar-refractivity contribution in [2.24, 2.45) is 0 Å². The van der Waals surface area contributed by atoms with Gasteiger partial charge in [0, 0.05) is 13.1 Å². The normalized spacial score (nSPS) is 21.5. The van der Waals surface area contributed by atoms with Crippen molar-refractivity contribution >= 4 is 12.2 Å². The second-order valence-corrected chi connectivity index (χ2v) is 8.59. The van der Waals surface area contributed by atoms with Crippen molar-refractivity contribution in [1.82, 2.24) is 10.2 Å². The number of nitrogens with zero attached hydrogens (tertiary/aromatic N) is 1. The number of hydrogen-bond donors (Lipinski definition) is 1. The number of amides is 1. The van der Waals surface area contributed by atoms with Crippen molar-refractivity contribution in [3.05, 3.63) is 76.9 Å². The van der Waals surface area contributed by atoms with Crippen LogP contribution >= 0.6 is 0 Å². The van der Waals surface area contributed by atoms with E-state index in [1.54, 1.807) is 0 Å². The Labute approximate surface area is 167 Å². The lowest BCUT2D eigenvalue weighted by Crippen LogP contribution is -2.49. The third-order valence-electron chi connectivity index (χ3n) is 5.40. The van der Waals surface area contributed by atoms with E-state index in [1.165, 1.54) is 11.1 Å². The number of alkyl carbamates (subject to hydrolysis) is 1. The summed E-state index contributed by atoms with van der Waals surface area (Å²) in [6.07, 6.45) is 5.05. The minimum absolute atomic E-state index is 0.0933. The summed E-state index contributed by atoms with van der Waals surface area (Å²) >= 11 is 0. The maximum atomic E-state index is 12.6. The molecule has 2 aromatic rings. The predicted molar refractivity (Wildman–Crippen MR) is 112 cm³/mol. The van der Waals surface area contributed by atoms with Crippen LogP contribution in [0.1, 0.15) is 49.1 Å². The van der Waals surface area contributed by atoms with Crippen LogP contribution in [0, 0.1) is 0 Å². The van der Waals surface area contributed by atoms with Crippen LogP contribution in [-0.4, -0.2) is 29.2 Å². The highest BCUT2D eigenvalue weighted by atomic mass is 16.6. The first-order valence-electron chi connectivity index (χ1n) is 9.98. The lowest BCUT2D eigenvalue weighted by Gasteiger charge is -2.40. The van der Waals surface area contributed by atoms with Crippen LogP contribution < -0.4 is 5.32 Å². The molecule has 2 aliphatic rings. The molecular weight excluding hydrogens is 348 g/mol. The molecule has 0 bridgehead atoms. The van der Waals surface area contributed by atoms with Gasteiger partial charge in [-0.25, -0.2) is 4.79 Å². The van der Waals surface area contributed by atoms with Gasteiger partial charge in [0.1, 0.15) is 5.60 Å². The molecule has 0 fully saturated rings. The van der Waals surface area contributed by atoms with Gasteiger partial charge < -0.3 is 10.1 Å². The summed E-state index contributed by atoms with van der Waals surface area (Å²) in [6.45, 7) is 7.53. The van der Waals surface area contributed by atoms with Crippen molar-refractivity contribution < 1.29 is 9.53 Å². The smallest absolute Gasteiger partial charge is 0.408 e. The average molecular weight is 377 g/mol. The summed E-state index contributed by atoms with van der Waals surface area (Å²) in [5, 5.41) is 3.15. The molecular formula is C24H28N2O2. The summed E-state index contributed by atoms with van der Waals surface area (Å²) in [5.41, 5.74) is 4.57. The Morgan fingerprint density at radius 2 is 1.79 bits per heavy atom. The first-order chi connectivity index (χ1) is 13.4. The van der Waals surface area contributed by atoms with Crippen molar-refractivity contribution in [3.8, 4) is 0 Å². The highest BCUT2D eigenvalue weighted by Crippen LogP contribution is 2.33. The summed E-state index contributed by atoms with van der Waals surface area (Å²) in [5.74, 6) is 0. The van der Waals surface area contributed by atoms with E-state index >= 15 is 0 Å². The number of nitrogens with one attached hydrogen (secondary N) is 1. The molecule has 4 nitrogen and oxygen atoms in total. The Morgan fingerprint density at radius 3 is 2.57 bits per heavy atom. The zero-order valence-corrected chi connectivity index (χ0v) is 16.8. The van der Waals surface area contributed by atoms with Crippen LogP contribution in [0.4, 0.5) is 4.79 Å². The van der Waals surface area contributed by atoms with Crippen LogP contribution in [0.3, 0.4) is 0 Å². The van der Waals surface area contributed by atoms with Gasteiger partial charge in [0.2, 0.25) is 0 Å². The quantitative estimate of drug-likeness (QED) is 0.826. The molecule has 0 saturated heterocycles. The highest BCUT2D eigenvalue weighted by molar-refractivity contribution is 5.70. The Kier molecular flexibility index (Phi) is 4.98. The molecule has 1 heterocycles. The number of rotatable bonds is 2. The fraction of sp³-hybridized carbons (Fsp3) is 0.375. The molecule has 1 aliphatic carbocycles. The van der Waals surface area contributed by atoms with E-state index < -0.39 is 5.60 Å². The molecule has 146 valence electrons. The number of ether oxygens (including phenoxy) is 1. The van der Waals surface area contributed by atoms with Crippen LogP contribution in [0.15, 0.2) is 54.6 Å². The van der Waals surface area contributed by atoms with E-state index in [9.17, 15) is 4.79 Å². The number of carbonyl (C=O) groups excluding carboxylic acids is 1. The molecule has 4 rings (SSSR count). The third-order valence-corrected chi connectivity index (χ3v) is 5.40. The largest absolute Gasteiger partial charge is 0.444 e. The fourth-order valence-corrected chi connectivity index (χ4v) is 4.15. The van der Waals surface area contributed by atoms with Gasteiger partial charge in [0.15, 0.2) is 0 Å². The first-order valence-corrected chi connectivity index (χ1v) is 9.98. The molecule has 0 aromatic heterocycles. The van der Waals surface area contributed by atoms with E-state index in [4.69, 9.17) is 4.74 Å². The number of fused-ring (bicyclic) bond motifs is 2. The second kappa shape index (κ2) is 7.44. The molecule has 28 heavy (non-hydrogen) atoms. The average Bonchev–Trinajstić information content (AvgIpc) is 2.66. The van der Waals surface area contributed by atoms with E-state index in [0.717, 1.165) is 30.6 Å². The van der Waals surface area contributed by atoms with Gasteiger partial charge >= 0.3 is 6.09 Å². The van der Waals surface area contributed by atoms with Gasteiger partial charge in [0.25, 0.3) is 0 Å². The molecule has 1 N–H and O–H groups in total. The Balaban J connectivity index is 1.61. The van der Waals surface area contributed by atoms with E-state index in [-0.39, 0.29) is 18.2 Å². The van der Waals surface area contributed by atoms with Gasteiger partial charge in [-0.05, 0) is 49.4 Å². The maximum Gasteiger partial charge on any atom is 0.408 e. The first kappa shape index (κ1) is 18.8. The number of carbonyl (C=O) groups is 1. The maximum absolute atomic E-state index is 12.6. The minimum Gasteiger partial charge on any atom is -0.444 e. The molecule has 2 aromatic carbocycles. The van der Waals surface area contributed by atoms with Crippen LogP contribution in [0.25, 0.3) is 6.08 Å². The minimum atomic E-state index is -0.520. The molecule has 0 spiro atoms. The fourth-order valence-electron chi connectivity index (χ4n) is 4.15. The molecule has 1 amide bonds. The third kappa shape index (κ3) is 3.97. The van der Waals surface area contributed by atoms with Crippen LogP contribution in [0.5, 0.6) is 0 Å². The SMILES string of the molecule is CC(C)(C)OC(=O)N[C@@H]1c2ccccc2C=C[C@H]1N1CCc2ccccc2C1. The second-order valence-electron chi connectivity index (χ2n) is 8.59. The molecule has 4 heteroatoms. The molecule has 0 saturated carbocycles. The van der Waals surface area contributed by atoms with E-state index in [1.807, 2.05) is 32.9 Å². The van der Waals surface area contributed by atoms with Crippen LogP contribution in [-0.2, 0) is 17.7 Å². The monoisotopic (exact) mass is 376 g/mol. The Hall–Kier alpha value is -2.59. The van der Waals surface area contributed by atoms with Crippen molar-refractivity contribution in [3.63, 3.8) is 0 Å². The summed E-state index contributed by atoms with van der Waals surface area (Å²) < 4.78 is 5.55. The van der Waals surface area contributed by atoms with Gasteiger partial charge in [-0.1, -0.05) is 60.7 Å². The van der Waals surface area contributed by atoms with Crippen molar-refractivity contribution in [2.45, 2.75) is 51.4 Å². The van der Waals surface area contributed by atoms with Gasteiger partial charge in [-0.3, -0.25) is 4.90 Å². The highest BCUT2D eigenvalue weighted by Gasteiger charge is 2.34. The van der Waals surface area contributed by atoms with Crippen LogP contribution in [0.2, 0.25) is 0 Å². The molecule has 0 radical (unpaired) electrons. The Bertz CT molecular complexity index is 897. The predicted octanol–water partition coefficient (Wildman–Crippen LogP) is 4.71. The van der Waals surface area contributed by atoms with Crippen molar-refractivity contribution in [1.29, 1.82) is 0 Å². The van der Waals surface area contributed by atoms with Gasteiger partial charge in [0.05, 0.1) is 12.1 Å². The number of hydrogen-bond acceptors (Lipinski definition) is 3. The molecule has 0 unspecified atom stereocenters. The lowest BCUT2D eigenvalue weighted by molar-refractivity contribution is 0.0468. The zero-order chi connectivity index (χ0) is 19.7. The number of benzene rings is 2. The zero-order valence-electron chi connectivity index (χ0n) is 16.8. The lowest BCUT2D eigenvalue weighted by atomic mass is 9.87. The van der Waals surface area contributed by atoms with Crippen molar-refractivity contribution in [2.75, 3.05) is 6.54 Å². The topological polar surface area (TPSA) is 41.6 Å². The Morgan fingerprint density at radius 1 is 1.07 bits per heavy atom. The standard InChI is InChI=1S/C24H28N2O2/c1-24(2,3)28-23(27)25-22-20-11-7-6-9-18(20)12-13-21(22)26-15-14-17-8-4-5-10-19(17)16-26/h4-13,21-22H,14-16H2,1-3H3,(H,25,27)/t21-,22-/m1/s1. The molecule has 1 aliphatic heterocycles. The van der Waals surface area contributed by atoms with E-state index in [2.05, 4.69) is 58.8 Å². The van der Waals surface area contributed by atoms with Gasteiger partial charge in [-0.2, -0.15) is 0 Å².